The van der Waals surface area contributed by atoms with Crippen LogP contribution < -0.4 is 0 Å². The summed E-state index contributed by atoms with van der Waals surface area (Å²) in [5.74, 6) is -0.648. The Labute approximate surface area is 123 Å². The van der Waals surface area contributed by atoms with Crippen molar-refractivity contribution in [2.75, 3.05) is 6.61 Å². The van der Waals surface area contributed by atoms with Crippen LogP contribution in [0.4, 0.5) is 0 Å². The van der Waals surface area contributed by atoms with E-state index in [0.717, 1.165) is 0 Å². The van der Waals surface area contributed by atoms with Crippen LogP contribution in [0.1, 0.15) is 34.1 Å². The summed E-state index contributed by atoms with van der Waals surface area (Å²) in [7, 11) is 0. The Kier molecular flexibility index (Phi) is 6.95. The molecule has 0 aromatic carbocycles. The van der Waals surface area contributed by atoms with Crippen molar-refractivity contribution in [2.24, 2.45) is 11.3 Å². The molecule has 0 N–H and O–H groups in total. The monoisotopic (exact) mass is 322 g/mol. The number of hydrogen-bond acceptors (Lipinski definition) is 2. The third kappa shape index (κ3) is 5.87. The Balaban J connectivity index is 4.69. The van der Waals surface area contributed by atoms with Crippen molar-refractivity contribution in [1.82, 2.24) is 0 Å². The van der Waals surface area contributed by atoms with Gasteiger partial charge in [-0.05, 0) is 12.3 Å². The van der Waals surface area contributed by atoms with Crippen LogP contribution in [0.25, 0.3) is 0 Å². The van der Waals surface area contributed by atoms with Gasteiger partial charge in [-0.1, -0.05) is 55.6 Å². The maximum atomic E-state index is 11.7. The Morgan fingerprint density at radius 2 is 1.76 bits per heavy atom. The van der Waals surface area contributed by atoms with Crippen LogP contribution >= 0.6 is 46.4 Å². The molecule has 6 heteroatoms. The molecule has 102 valence electrons. The normalized spacial score (nSPS) is 16.5. The van der Waals surface area contributed by atoms with Crippen LogP contribution in [0.5, 0.6) is 0 Å². The molecule has 0 saturated carbocycles. The fourth-order valence-electron chi connectivity index (χ4n) is 1.31. The second kappa shape index (κ2) is 6.70. The third-order valence-corrected chi connectivity index (χ3v) is 4.15. The average molecular weight is 324 g/mol. The van der Waals surface area contributed by atoms with Gasteiger partial charge in [0.2, 0.25) is 0 Å². The van der Waals surface area contributed by atoms with Crippen LogP contribution in [0.3, 0.4) is 0 Å². The first-order valence-corrected chi connectivity index (χ1v) is 6.96. The summed E-state index contributed by atoms with van der Waals surface area (Å²) in [6.45, 7) is 7.60. The van der Waals surface area contributed by atoms with Gasteiger partial charge < -0.3 is 4.74 Å². The topological polar surface area (TPSA) is 26.3 Å². The number of esters is 1. The largest absolute Gasteiger partial charge is 0.466 e. The Hall–Kier alpha value is 0.630. The zero-order valence-electron chi connectivity index (χ0n) is 10.4. The van der Waals surface area contributed by atoms with E-state index in [0.29, 0.717) is 6.61 Å². The van der Waals surface area contributed by atoms with E-state index in [1.54, 1.807) is 13.8 Å². The molecule has 2 atom stereocenters. The van der Waals surface area contributed by atoms with Gasteiger partial charge in [0, 0.05) is 11.8 Å². The lowest BCUT2D eigenvalue weighted by Gasteiger charge is -2.35. The number of ether oxygens (including phenoxy) is 1. The Bertz CT molecular complexity index is 261. The predicted octanol–water partition coefficient (Wildman–Crippen LogP) is 4.58. The molecule has 2 unspecified atom stereocenters. The van der Waals surface area contributed by atoms with Crippen molar-refractivity contribution in [3.63, 3.8) is 0 Å². The summed E-state index contributed by atoms with van der Waals surface area (Å²) in [5.41, 5.74) is -0.516. The van der Waals surface area contributed by atoms with Crippen LogP contribution in [0, 0.1) is 11.3 Å². The van der Waals surface area contributed by atoms with Crippen LogP contribution in [0.15, 0.2) is 0 Å². The number of carbonyl (C=O) groups is 1. The van der Waals surface area contributed by atoms with Crippen molar-refractivity contribution < 1.29 is 9.53 Å². The quantitative estimate of drug-likeness (QED) is 0.547. The SMILES string of the molecule is CCOC(=O)C(C)C(C)(C)C(Cl)CC(Cl)(Cl)Cl. The molecule has 2 nitrogen and oxygen atoms in total. The van der Waals surface area contributed by atoms with Crippen molar-refractivity contribution in [3.05, 3.63) is 0 Å². The molecule has 0 fully saturated rings. The van der Waals surface area contributed by atoms with Gasteiger partial charge in [0.1, 0.15) is 0 Å². The molecule has 0 bridgehead atoms. The third-order valence-electron chi connectivity index (χ3n) is 2.97. The van der Waals surface area contributed by atoms with Gasteiger partial charge in [0.25, 0.3) is 0 Å². The lowest BCUT2D eigenvalue weighted by atomic mass is 9.76. The highest BCUT2D eigenvalue weighted by Gasteiger charge is 2.41. The molecule has 0 aromatic heterocycles. The van der Waals surface area contributed by atoms with Crippen molar-refractivity contribution in [1.29, 1.82) is 0 Å². The first-order chi connectivity index (χ1) is 7.52. The Morgan fingerprint density at radius 1 is 1.29 bits per heavy atom. The second-order valence-electron chi connectivity index (χ2n) is 4.58. The maximum absolute atomic E-state index is 11.7. The molecule has 0 aromatic rings. The van der Waals surface area contributed by atoms with E-state index in [9.17, 15) is 4.79 Å². The fraction of sp³-hybridized carbons (Fsp3) is 0.909. The smallest absolute Gasteiger partial charge is 0.309 e. The van der Waals surface area contributed by atoms with Crippen molar-refractivity contribution in [2.45, 2.75) is 43.3 Å². The molecular formula is C11H18Cl4O2. The number of carbonyl (C=O) groups excluding carboxylic acids is 1. The van der Waals surface area contributed by atoms with Gasteiger partial charge in [-0.15, -0.1) is 11.6 Å². The summed E-state index contributed by atoms with van der Waals surface area (Å²) in [6.07, 6.45) is 0.177. The molecule has 0 spiro atoms. The summed E-state index contributed by atoms with van der Waals surface area (Å²) >= 11 is 23.4. The van der Waals surface area contributed by atoms with Gasteiger partial charge in [-0.25, -0.2) is 0 Å². The van der Waals surface area contributed by atoms with Gasteiger partial charge in [-0.2, -0.15) is 0 Å². The summed E-state index contributed by atoms with van der Waals surface area (Å²) in [4.78, 5) is 11.7. The first kappa shape index (κ1) is 17.6. The molecular weight excluding hydrogens is 306 g/mol. The van der Waals surface area contributed by atoms with Gasteiger partial charge >= 0.3 is 5.97 Å². The summed E-state index contributed by atoms with van der Waals surface area (Å²) < 4.78 is 3.56. The highest BCUT2D eigenvalue weighted by Crippen LogP contribution is 2.43. The second-order valence-corrected chi connectivity index (χ2v) is 7.62. The lowest BCUT2D eigenvalue weighted by Crippen LogP contribution is -2.39. The molecule has 0 amide bonds. The molecule has 0 aliphatic rings. The first-order valence-electron chi connectivity index (χ1n) is 5.39. The van der Waals surface area contributed by atoms with Crippen LogP contribution in [0.2, 0.25) is 0 Å². The molecule has 17 heavy (non-hydrogen) atoms. The van der Waals surface area contributed by atoms with E-state index in [1.807, 2.05) is 13.8 Å². The molecule has 0 rings (SSSR count). The van der Waals surface area contributed by atoms with E-state index in [1.165, 1.54) is 0 Å². The van der Waals surface area contributed by atoms with E-state index in [4.69, 9.17) is 51.1 Å². The van der Waals surface area contributed by atoms with Crippen molar-refractivity contribution >= 4 is 52.4 Å². The number of halogens is 4. The van der Waals surface area contributed by atoms with E-state index >= 15 is 0 Å². The molecule has 0 heterocycles. The fourth-order valence-corrected chi connectivity index (χ4v) is 2.43. The number of hydrogen-bond donors (Lipinski definition) is 0. The minimum absolute atomic E-state index is 0.177. The van der Waals surface area contributed by atoms with Gasteiger partial charge in [0.05, 0.1) is 12.5 Å². The molecule has 0 aliphatic heterocycles. The highest BCUT2D eigenvalue weighted by atomic mass is 35.6. The van der Waals surface area contributed by atoms with Gasteiger partial charge in [-0.3, -0.25) is 4.79 Å². The Morgan fingerprint density at radius 3 is 2.12 bits per heavy atom. The lowest BCUT2D eigenvalue weighted by molar-refractivity contribution is -0.151. The van der Waals surface area contributed by atoms with Crippen molar-refractivity contribution in [3.8, 4) is 0 Å². The molecule has 0 saturated heterocycles. The van der Waals surface area contributed by atoms with Crippen LogP contribution in [-0.2, 0) is 9.53 Å². The standard InChI is InChI=1S/C11H18Cl4O2/c1-5-17-9(16)7(2)10(3,4)8(12)6-11(13,14)15/h7-8H,5-6H2,1-4H3. The highest BCUT2D eigenvalue weighted by molar-refractivity contribution is 6.67. The average Bonchev–Trinajstić information content (AvgIpc) is 2.14. The van der Waals surface area contributed by atoms with E-state index < -0.39 is 14.6 Å². The summed E-state index contributed by atoms with van der Waals surface area (Å²) in [5, 5.41) is -0.436. The maximum Gasteiger partial charge on any atom is 0.309 e. The zero-order chi connectivity index (χ0) is 13.9. The molecule has 0 aliphatic carbocycles. The zero-order valence-corrected chi connectivity index (χ0v) is 13.4. The number of alkyl halides is 4. The van der Waals surface area contributed by atoms with Gasteiger partial charge in [0.15, 0.2) is 3.79 Å². The molecule has 0 radical (unpaired) electrons. The number of rotatable bonds is 5. The van der Waals surface area contributed by atoms with E-state index in [-0.39, 0.29) is 18.3 Å². The van der Waals surface area contributed by atoms with E-state index in [2.05, 4.69) is 0 Å². The minimum atomic E-state index is -1.42. The minimum Gasteiger partial charge on any atom is -0.466 e. The van der Waals surface area contributed by atoms with Crippen LogP contribution in [-0.4, -0.2) is 21.7 Å². The summed E-state index contributed by atoms with van der Waals surface area (Å²) in [6, 6.07) is 0. The predicted molar refractivity (Wildman–Crippen MR) is 74.1 cm³/mol.